The van der Waals surface area contributed by atoms with Crippen LogP contribution in [-0.2, 0) is 16.6 Å². The van der Waals surface area contributed by atoms with E-state index in [4.69, 9.17) is 5.73 Å². The largest absolute Gasteiger partial charge is 0.326 e. The average molecular weight is 313 g/mol. The van der Waals surface area contributed by atoms with Gasteiger partial charge in [0, 0.05) is 25.0 Å². The van der Waals surface area contributed by atoms with Gasteiger partial charge in [-0.3, -0.25) is 0 Å². The maximum absolute atomic E-state index is 12.0. The number of nitrogens with two attached hydrogens (primary N) is 1. The Morgan fingerprint density at radius 1 is 1.60 bits per heavy atom. The van der Waals surface area contributed by atoms with E-state index < -0.39 is 10.0 Å². The van der Waals surface area contributed by atoms with E-state index in [9.17, 15) is 8.42 Å². The first-order valence-corrected chi connectivity index (χ1v) is 7.43. The third-order valence-electron chi connectivity index (χ3n) is 2.04. The number of sulfonamides is 1. The summed E-state index contributed by atoms with van der Waals surface area (Å²) in [5, 5.41) is 0. The van der Waals surface area contributed by atoms with E-state index in [1.54, 1.807) is 20.0 Å². The molecule has 0 aromatic carbocycles. The Morgan fingerprint density at radius 2 is 2.20 bits per heavy atom. The molecule has 0 radical (unpaired) electrons. The van der Waals surface area contributed by atoms with Gasteiger partial charge in [0.2, 0.25) is 10.0 Å². The molecule has 1 rings (SSSR count). The van der Waals surface area contributed by atoms with Crippen molar-refractivity contribution in [1.29, 1.82) is 0 Å². The highest BCUT2D eigenvalue weighted by Gasteiger charge is 2.24. The molecule has 0 amide bonds. The van der Waals surface area contributed by atoms with E-state index in [0.717, 1.165) is 4.88 Å². The van der Waals surface area contributed by atoms with Crippen molar-refractivity contribution in [3.63, 3.8) is 0 Å². The molecule has 0 unspecified atom stereocenters. The topological polar surface area (TPSA) is 63.4 Å². The van der Waals surface area contributed by atoms with Crippen molar-refractivity contribution in [2.45, 2.75) is 18.4 Å². The third-order valence-corrected chi connectivity index (χ3v) is 6.25. The van der Waals surface area contributed by atoms with Crippen molar-refractivity contribution >= 4 is 37.3 Å². The van der Waals surface area contributed by atoms with Crippen molar-refractivity contribution in [1.82, 2.24) is 4.31 Å². The first-order chi connectivity index (χ1) is 6.93. The molecule has 1 aromatic rings. The molecule has 0 aliphatic heterocycles. The fourth-order valence-corrected chi connectivity index (χ4v) is 4.70. The summed E-state index contributed by atoms with van der Waals surface area (Å²) >= 11 is 4.60. The lowest BCUT2D eigenvalue weighted by Crippen LogP contribution is -2.26. The van der Waals surface area contributed by atoms with E-state index in [2.05, 4.69) is 15.9 Å². The van der Waals surface area contributed by atoms with Gasteiger partial charge in [-0.05, 0) is 22.0 Å². The molecule has 0 spiro atoms. The van der Waals surface area contributed by atoms with Crippen LogP contribution in [0.3, 0.4) is 0 Å². The summed E-state index contributed by atoms with van der Waals surface area (Å²) in [6, 6.07) is 1.62. The van der Waals surface area contributed by atoms with Gasteiger partial charge >= 0.3 is 0 Å². The smallest absolute Gasteiger partial charge is 0.244 e. The third kappa shape index (κ3) is 2.59. The standard InChI is InChI=1S/C8H13BrN2O2S2/c1-3-11(2)15(12,13)7-4-6(5-10)14-8(7)9/h4H,3,5,10H2,1-2H3. The molecule has 0 fully saturated rings. The van der Waals surface area contributed by atoms with Crippen LogP contribution in [0.2, 0.25) is 0 Å². The molecule has 0 aliphatic rings. The Hall–Kier alpha value is 0.0500. The van der Waals surface area contributed by atoms with Gasteiger partial charge in [0.05, 0.1) is 3.79 Å². The molecule has 15 heavy (non-hydrogen) atoms. The van der Waals surface area contributed by atoms with Crippen LogP contribution in [0.25, 0.3) is 0 Å². The second-order valence-corrected chi connectivity index (χ2v) is 7.44. The molecule has 1 heterocycles. The monoisotopic (exact) mass is 312 g/mol. The number of thiophene rings is 1. The van der Waals surface area contributed by atoms with Gasteiger partial charge in [0.25, 0.3) is 0 Å². The molecule has 2 N–H and O–H groups in total. The highest BCUT2D eigenvalue weighted by atomic mass is 79.9. The molecule has 7 heteroatoms. The Morgan fingerprint density at radius 3 is 2.60 bits per heavy atom. The van der Waals surface area contributed by atoms with Gasteiger partial charge < -0.3 is 5.73 Å². The number of hydrogen-bond donors (Lipinski definition) is 1. The lowest BCUT2D eigenvalue weighted by molar-refractivity contribution is 0.486. The SMILES string of the molecule is CCN(C)S(=O)(=O)c1cc(CN)sc1Br. The van der Waals surface area contributed by atoms with Crippen LogP contribution in [0.5, 0.6) is 0 Å². The van der Waals surface area contributed by atoms with Crippen LogP contribution in [0.4, 0.5) is 0 Å². The van der Waals surface area contributed by atoms with Crippen molar-refractivity contribution in [2.24, 2.45) is 5.73 Å². The Bertz CT molecular complexity index is 441. The lowest BCUT2D eigenvalue weighted by Gasteiger charge is -2.13. The number of hydrogen-bond acceptors (Lipinski definition) is 4. The second kappa shape index (κ2) is 4.92. The van der Waals surface area contributed by atoms with Crippen LogP contribution >= 0.6 is 27.3 Å². The maximum Gasteiger partial charge on any atom is 0.244 e. The predicted molar refractivity (Wildman–Crippen MR) is 65.4 cm³/mol. The molecular weight excluding hydrogens is 300 g/mol. The van der Waals surface area contributed by atoms with Crippen LogP contribution in [0, 0.1) is 0 Å². The lowest BCUT2D eigenvalue weighted by atomic mass is 10.5. The van der Waals surface area contributed by atoms with Crippen LogP contribution in [0.15, 0.2) is 14.7 Å². The quantitative estimate of drug-likeness (QED) is 0.918. The minimum atomic E-state index is -3.37. The second-order valence-electron chi connectivity index (χ2n) is 2.97. The van der Waals surface area contributed by atoms with Gasteiger partial charge in [0.15, 0.2) is 0 Å². The zero-order valence-electron chi connectivity index (χ0n) is 8.53. The molecule has 0 atom stereocenters. The summed E-state index contributed by atoms with van der Waals surface area (Å²) in [4.78, 5) is 1.15. The first kappa shape index (κ1) is 13.1. The molecule has 0 saturated carbocycles. The van der Waals surface area contributed by atoms with E-state index in [1.807, 2.05) is 0 Å². The van der Waals surface area contributed by atoms with Crippen molar-refractivity contribution in [3.05, 3.63) is 14.7 Å². The molecule has 0 aliphatic carbocycles. The van der Waals surface area contributed by atoms with Gasteiger partial charge in [0.1, 0.15) is 4.90 Å². The normalized spacial score (nSPS) is 12.3. The van der Waals surface area contributed by atoms with Gasteiger partial charge in [-0.25, -0.2) is 12.7 Å². The van der Waals surface area contributed by atoms with E-state index in [0.29, 0.717) is 21.8 Å². The van der Waals surface area contributed by atoms with E-state index in [-0.39, 0.29) is 0 Å². The average Bonchev–Trinajstić information content (AvgIpc) is 2.58. The Labute approximate surface area is 102 Å². The summed E-state index contributed by atoms with van der Waals surface area (Å²) < 4.78 is 25.9. The van der Waals surface area contributed by atoms with Crippen LogP contribution in [0.1, 0.15) is 11.8 Å². The zero-order valence-corrected chi connectivity index (χ0v) is 11.7. The molecule has 0 bridgehead atoms. The number of halogens is 1. The van der Waals surface area contributed by atoms with E-state index >= 15 is 0 Å². The van der Waals surface area contributed by atoms with Gasteiger partial charge in [-0.15, -0.1) is 11.3 Å². The highest BCUT2D eigenvalue weighted by molar-refractivity contribution is 9.11. The minimum absolute atomic E-state index is 0.303. The summed E-state index contributed by atoms with van der Waals surface area (Å²) in [7, 11) is -1.81. The molecule has 0 saturated heterocycles. The predicted octanol–water partition coefficient (Wildman–Crippen LogP) is 1.61. The number of rotatable bonds is 4. The van der Waals surface area contributed by atoms with Crippen molar-refractivity contribution in [3.8, 4) is 0 Å². The molecular formula is C8H13BrN2O2S2. The zero-order chi connectivity index (χ0) is 11.6. The number of nitrogens with zero attached hydrogens (tertiary/aromatic N) is 1. The first-order valence-electron chi connectivity index (χ1n) is 4.38. The van der Waals surface area contributed by atoms with Gasteiger partial charge in [-0.2, -0.15) is 0 Å². The van der Waals surface area contributed by atoms with E-state index in [1.165, 1.54) is 15.6 Å². The summed E-state index contributed by atoms with van der Waals surface area (Å²) in [5.74, 6) is 0. The summed E-state index contributed by atoms with van der Waals surface area (Å²) in [6.45, 7) is 2.60. The Balaban J connectivity index is 3.21. The highest BCUT2D eigenvalue weighted by Crippen LogP contribution is 2.32. The molecule has 4 nitrogen and oxygen atoms in total. The maximum atomic E-state index is 12.0. The van der Waals surface area contributed by atoms with Crippen molar-refractivity contribution < 1.29 is 8.42 Å². The molecule has 1 aromatic heterocycles. The molecule has 86 valence electrons. The van der Waals surface area contributed by atoms with Gasteiger partial charge in [-0.1, -0.05) is 6.92 Å². The van der Waals surface area contributed by atoms with Crippen LogP contribution < -0.4 is 5.73 Å². The Kier molecular flexibility index (Phi) is 4.30. The summed E-state index contributed by atoms with van der Waals surface area (Å²) in [6.07, 6.45) is 0. The fourth-order valence-electron chi connectivity index (χ4n) is 1.01. The van der Waals surface area contributed by atoms with Crippen molar-refractivity contribution in [2.75, 3.05) is 13.6 Å². The van der Waals surface area contributed by atoms with Crippen LogP contribution in [-0.4, -0.2) is 26.3 Å². The summed E-state index contributed by atoms with van der Waals surface area (Å²) in [5.41, 5.74) is 5.47. The fraction of sp³-hybridized carbons (Fsp3) is 0.500. The minimum Gasteiger partial charge on any atom is -0.326 e.